The number of nitrogen functional groups attached to an aromatic ring is 2. The number of amides is 2. The van der Waals surface area contributed by atoms with Gasteiger partial charge < -0.3 is 26.6 Å². The molecule has 0 saturated heterocycles. The zero-order valence-corrected chi connectivity index (χ0v) is 17.2. The number of benzene rings is 2. The van der Waals surface area contributed by atoms with Crippen LogP contribution in [-0.4, -0.2) is 61.9 Å². The summed E-state index contributed by atoms with van der Waals surface area (Å²) < 4.78 is 0. The van der Waals surface area contributed by atoms with Gasteiger partial charge in [-0.15, -0.1) is 0 Å². The number of anilines is 2. The Morgan fingerprint density at radius 3 is 1.86 bits per heavy atom. The fraction of sp³-hybridized carbons (Fsp3) is 0.364. The van der Waals surface area contributed by atoms with Crippen LogP contribution in [0, 0.1) is 0 Å². The van der Waals surface area contributed by atoms with Crippen molar-refractivity contribution in [3.8, 4) is 0 Å². The largest absolute Gasteiger partial charge is 0.399 e. The zero-order valence-electron chi connectivity index (χ0n) is 17.2. The Bertz CT molecular complexity index is 788. The van der Waals surface area contributed by atoms with Crippen molar-refractivity contribution in [1.29, 1.82) is 0 Å². The van der Waals surface area contributed by atoms with Gasteiger partial charge in [0.2, 0.25) is 0 Å². The smallest absolute Gasteiger partial charge is 0.253 e. The van der Waals surface area contributed by atoms with Gasteiger partial charge in [0.25, 0.3) is 11.8 Å². The van der Waals surface area contributed by atoms with Gasteiger partial charge in [-0.1, -0.05) is 0 Å². The van der Waals surface area contributed by atoms with Gasteiger partial charge in [0.15, 0.2) is 0 Å². The molecule has 2 aromatic carbocycles. The molecular formula is C22H31N5O2. The second kappa shape index (κ2) is 11.1. The molecule has 0 saturated carbocycles. The molecule has 2 rings (SSSR count). The third-order valence-electron chi connectivity index (χ3n) is 4.54. The van der Waals surface area contributed by atoms with E-state index in [1.807, 2.05) is 19.0 Å². The van der Waals surface area contributed by atoms with Crippen LogP contribution < -0.4 is 16.8 Å². The summed E-state index contributed by atoms with van der Waals surface area (Å²) in [6, 6.07) is 13.8. The summed E-state index contributed by atoms with van der Waals surface area (Å²) in [5.74, 6) is -0.164. The Morgan fingerprint density at radius 2 is 1.31 bits per heavy atom. The molecule has 0 radical (unpaired) electrons. The maximum atomic E-state index is 12.9. The van der Waals surface area contributed by atoms with Crippen LogP contribution in [0.25, 0.3) is 0 Å². The number of hydrogen-bond donors (Lipinski definition) is 3. The highest BCUT2D eigenvalue weighted by atomic mass is 16.2. The minimum atomic E-state index is -0.144. The first-order valence-electron chi connectivity index (χ1n) is 9.80. The molecule has 0 bridgehead atoms. The van der Waals surface area contributed by atoms with Crippen molar-refractivity contribution >= 4 is 23.2 Å². The Kier molecular flexibility index (Phi) is 8.48. The standard InChI is InChI=1S/C22H31N5O2/c1-26(2)14-4-16-27(22(29)18-7-11-20(24)12-8-18)15-3-13-25-21(28)17-5-9-19(23)10-6-17/h5-12H,3-4,13-16,23-24H2,1-2H3,(H,25,28). The lowest BCUT2D eigenvalue weighted by atomic mass is 10.1. The highest BCUT2D eigenvalue weighted by Crippen LogP contribution is 2.10. The van der Waals surface area contributed by atoms with Crippen molar-refractivity contribution in [2.75, 3.05) is 51.7 Å². The molecular weight excluding hydrogens is 366 g/mol. The SMILES string of the molecule is CN(C)CCCN(CCCNC(=O)c1ccc(N)cc1)C(=O)c1ccc(N)cc1. The molecule has 0 aliphatic heterocycles. The first-order valence-corrected chi connectivity index (χ1v) is 9.80. The number of hydrogen-bond acceptors (Lipinski definition) is 5. The minimum Gasteiger partial charge on any atom is -0.399 e. The van der Waals surface area contributed by atoms with E-state index in [4.69, 9.17) is 11.5 Å². The van der Waals surface area contributed by atoms with Crippen molar-refractivity contribution in [2.45, 2.75) is 12.8 Å². The first kappa shape index (κ1) is 22.2. The third kappa shape index (κ3) is 7.46. The summed E-state index contributed by atoms with van der Waals surface area (Å²) in [6.07, 6.45) is 1.55. The van der Waals surface area contributed by atoms with Crippen LogP contribution in [0.5, 0.6) is 0 Å². The summed E-state index contributed by atoms with van der Waals surface area (Å²) in [4.78, 5) is 29.0. The van der Waals surface area contributed by atoms with E-state index in [1.54, 1.807) is 48.5 Å². The van der Waals surface area contributed by atoms with Crippen LogP contribution in [-0.2, 0) is 0 Å². The Morgan fingerprint density at radius 1 is 0.793 bits per heavy atom. The van der Waals surface area contributed by atoms with Gasteiger partial charge in [0.05, 0.1) is 0 Å². The predicted octanol–water partition coefficient (Wildman–Crippen LogP) is 2.07. The fourth-order valence-electron chi connectivity index (χ4n) is 2.91. The van der Waals surface area contributed by atoms with Gasteiger partial charge in [-0.25, -0.2) is 0 Å². The normalized spacial score (nSPS) is 10.7. The van der Waals surface area contributed by atoms with E-state index in [2.05, 4.69) is 10.2 Å². The number of carbonyl (C=O) groups is 2. The molecule has 2 amide bonds. The molecule has 7 heteroatoms. The molecule has 2 aromatic rings. The van der Waals surface area contributed by atoms with Crippen LogP contribution in [0.3, 0.4) is 0 Å². The van der Waals surface area contributed by atoms with Crippen molar-refractivity contribution < 1.29 is 9.59 Å². The molecule has 0 aromatic heterocycles. The average Bonchev–Trinajstić information content (AvgIpc) is 2.70. The number of carbonyl (C=O) groups excluding carboxylic acids is 2. The van der Waals surface area contributed by atoms with E-state index in [9.17, 15) is 9.59 Å². The lowest BCUT2D eigenvalue weighted by molar-refractivity contribution is 0.0748. The van der Waals surface area contributed by atoms with E-state index in [0.29, 0.717) is 48.6 Å². The van der Waals surface area contributed by atoms with E-state index < -0.39 is 0 Å². The highest BCUT2D eigenvalue weighted by Gasteiger charge is 2.15. The maximum absolute atomic E-state index is 12.9. The zero-order chi connectivity index (χ0) is 21.2. The van der Waals surface area contributed by atoms with Gasteiger partial charge in [-0.05, 0) is 82.0 Å². The van der Waals surface area contributed by atoms with Crippen LogP contribution in [0.15, 0.2) is 48.5 Å². The lowest BCUT2D eigenvalue weighted by Crippen LogP contribution is -2.36. The van der Waals surface area contributed by atoms with Gasteiger partial charge in [-0.3, -0.25) is 9.59 Å². The second-order valence-electron chi connectivity index (χ2n) is 7.30. The summed E-state index contributed by atoms with van der Waals surface area (Å²) in [5.41, 5.74) is 13.8. The average molecular weight is 398 g/mol. The van der Waals surface area contributed by atoms with E-state index in [1.165, 1.54) is 0 Å². The van der Waals surface area contributed by atoms with Crippen molar-refractivity contribution in [3.05, 3.63) is 59.7 Å². The topological polar surface area (TPSA) is 105 Å². The Labute approximate surface area is 172 Å². The quantitative estimate of drug-likeness (QED) is 0.420. The molecule has 0 unspecified atom stereocenters. The number of nitrogens with zero attached hydrogens (tertiary/aromatic N) is 2. The van der Waals surface area contributed by atoms with E-state index >= 15 is 0 Å². The number of nitrogens with one attached hydrogen (secondary N) is 1. The van der Waals surface area contributed by atoms with Crippen LogP contribution in [0.1, 0.15) is 33.6 Å². The van der Waals surface area contributed by atoms with Gasteiger partial charge in [0.1, 0.15) is 0 Å². The third-order valence-corrected chi connectivity index (χ3v) is 4.54. The Hall–Kier alpha value is -3.06. The molecule has 7 nitrogen and oxygen atoms in total. The molecule has 0 atom stereocenters. The lowest BCUT2D eigenvalue weighted by Gasteiger charge is -2.24. The second-order valence-corrected chi connectivity index (χ2v) is 7.30. The molecule has 0 aliphatic rings. The molecule has 29 heavy (non-hydrogen) atoms. The summed E-state index contributed by atoms with van der Waals surface area (Å²) >= 11 is 0. The first-order chi connectivity index (χ1) is 13.9. The van der Waals surface area contributed by atoms with E-state index in [-0.39, 0.29) is 11.8 Å². The fourth-order valence-corrected chi connectivity index (χ4v) is 2.91. The van der Waals surface area contributed by atoms with E-state index in [0.717, 1.165) is 13.0 Å². The molecule has 0 spiro atoms. The Balaban J connectivity index is 1.89. The van der Waals surface area contributed by atoms with Crippen molar-refractivity contribution in [3.63, 3.8) is 0 Å². The van der Waals surface area contributed by atoms with Gasteiger partial charge in [-0.2, -0.15) is 0 Å². The monoisotopic (exact) mass is 397 g/mol. The molecule has 0 fully saturated rings. The minimum absolute atomic E-state index is 0.0198. The summed E-state index contributed by atoms with van der Waals surface area (Å²) in [6.45, 7) is 2.62. The van der Waals surface area contributed by atoms with Crippen molar-refractivity contribution in [2.24, 2.45) is 0 Å². The number of rotatable bonds is 10. The molecule has 0 aliphatic carbocycles. The van der Waals surface area contributed by atoms with Crippen molar-refractivity contribution in [1.82, 2.24) is 15.1 Å². The molecule has 5 N–H and O–H groups in total. The maximum Gasteiger partial charge on any atom is 0.253 e. The van der Waals surface area contributed by atoms with Crippen LogP contribution in [0.2, 0.25) is 0 Å². The highest BCUT2D eigenvalue weighted by molar-refractivity contribution is 5.95. The van der Waals surface area contributed by atoms with Gasteiger partial charge in [0, 0.05) is 42.1 Å². The predicted molar refractivity (Wildman–Crippen MR) is 118 cm³/mol. The summed E-state index contributed by atoms with van der Waals surface area (Å²) in [7, 11) is 4.03. The molecule has 156 valence electrons. The molecule has 0 heterocycles. The van der Waals surface area contributed by atoms with Gasteiger partial charge >= 0.3 is 0 Å². The summed E-state index contributed by atoms with van der Waals surface area (Å²) in [5, 5.41) is 2.89. The van der Waals surface area contributed by atoms with Crippen LogP contribution in [0.4, 0.5) is 11.4 Å². The number of nitrogens with two attached hydrogens (primary N) is 2. The van der Waals surface area contributed by atoms with Crippen LogP contribution >= 0.6 is 0 Å².